The largest absolute Gasteiger partial charge is 0.456 e. The molecule has 3 aliphatic carbocycles. The zero-order chi connectivity index (χ0) is 42.7. The van der Waals surface area contributed by atoms with Gasteiger partial charge in [-0.05, 0) is 63.5 Å². The van der Waals surface area contributed by atoms with E-state index in [0.717, 1.165) is 6.92 Å². The minimum Gasteiger partial charge on any atom is -0.456 e. The van der Waals surface area contributed by atoms with E-state index < -0.39 is 112 Å². The van der Waals surface area contributed by atoms with E-state index in [9.17, 15) is 44.4 Å². The number of amides is 1. The summed E-state index contributed by atoms with van der Waals surface area (Å²) < 4.78 is 29.5. The number of nitrogens with one attached hydrogen (secondary N) is 1. The predicted octanol–water partition coefficient (Wildman–Crippen LogP) is 3.26. The molecule has 3 fully saturated rings. The highest BCUT2D eigenvalue weighted by atomic mass is 16.6. The van der Waals surface area contributed by atoms with E-state index in [0.29, 0.717) is 5.56 Å². The molecule has 15 nitrogen and oxygen atoms in total. The Bertz CT molecular complexity index is 1980. The highest BCUT2D eigenvalue weighted by molar-refractivity contribution is 5.94. The van der Waals surface area contributed by atoms with Crippen LogP contribution in [0.15, 0.2) is 71.8 Å². The number of esters is 3. The Morgan fingerprint density at radius 3 is 2.10 bits per heavy atom. The van der Waals surface area contributed by atoms with Gasteiger partial charge in [-0.25, -0.2) is 14.4 Å². The number of benzene rings is 2. The van der Waals surface area contributed by atoms with Gasteiger partial charge in [0.15, 0.2) is 17.5 Å². The van der Waals surface area contributed by atoms with Gasteiger partial charge in [0.1, 0.15) is 35.6 Å². The van der Waals surface area contributed by atoms with Crippen molar-refractivity contribution in [3.63, 3.8) is 0 Å². The number of aliphatic hydroxyl groups excluding tert-OH is 3. The Hall–Kier alpha value is -4.67. The van der Waals surface area contributed by atoms with E-state index in [1.807, 2.05) is 0 Å². The summed E-state index contributed by atoms with van der Waals surface area (Å²) in [4.78, 5) is 68.9. The van der Waals surface area contributed by atoms with E-state index in [1.54, 1.807) is 83.1 Å². The first-order valence-electron chi connectivity index (χ1n) is 19.3. The number of carbonyl (C=O) groups excluding carboxylic acids is 5. The Morgan fingerprint density at radius 1 is 0.948 bits per heavy atom. The van der Waals surface area contributed by atoms with Crippen LogP contribution in [0.5, 0.6) is 0 Å². The van der Waals surface area contributed by atoms with Crippen molar-refractivity contribution in [1.29, 1.82) is 0 Å². The van der Waals surface area contributed by atoms with Crippen LogP contribution >= 0.6 is 0 Å². The first kappa shape index (κ1) is 42.9. The van der Waals surface area contributed by atoms with Gasteiger partial charge in [-0.2, -0.15) is 0 Å². The molecule has 1 heterocycles. The molecule has 58 heavy (non-hydrogen) atoms. The summed E-state index contributed by atoms with van der Waals surface area (Å²) in [6.45, 7) is 11.8. The van der Waals surface area contributed by atoms with E-state index in [1.165, 1.54) is 26.0 Å². The minimum atomic E-state index is -2.35. The van der Waals surface area contributed by atoms with Crippen molar-refractivity contribution in [2.24, 2.45) is 16.7 Å². The van der Waals surface area contributed by atoms with Crippen LogP contribution in [-0.2, 0) is 38.1 Å². The number of aliphatic hydroxyl groups is 4. The van der Waals surface area contributed by atoms with Gasteiger partial charge >= 0.3 is 24.0 Å². The molecule has 6 rings (SSSR count). The van der Waals surface area contributed by atoms with E-state index in [-0.39, 0.29) is 29.7 Å². The van der Waals surface area contributed by atoms with Crippen LogP contribution < -0.4 is 5.32 Å². The molecular formula is C43H53NO14. The Kier molecular flexibility index (Phi) is 11.2. The second kappa shape index (κ2) is 15.2. The van der Waals surface area contributed by atoms with Crippen molar-refractivity contribution in [3.8, 4) is 0 Å². The monoisotopic (exact) mass is 807 g/mol. The van der Waals surface area contributed by atoms with E-state index >= 15 is 0 Å². The smallest absolute Gasteiger partial charge is 0.408 e. The van der Waals surface area contributed by atoms with Crippen LogP contribution in [0.4, 0.5) is 4.79 Å². The third kappa shape index (κ3) is 7.10. The maximum Gasteiger partial charge on any atom is 0.408 e. The molecule has 2 bridgehead atoms. The number of hydrogen-bond donors (Lipinski definition) is 5. The third-order valence-corrected chi connectivity index (χ3v) is 12.6. The van der Waals surface area contributed by atoms with Gasteiger partial charge in [-0.3, -0.25) is 9.59 Å². The topological polar surface area (TPSA) is 224 Å². The average Bonchev–Trinajstić information content (AvgIpc) is 3.14. The number of ketones is 1. The first-order chi connectivity index (χ1) is 27.0. The summed E-state index contributed by atoms with van der Waals surface area (Å²) in [6, 6.07) is 14.6. The quantitative estimate of drug-likeness (QED) is 0.147. The van der Waals surface area contributed by atoms with E-state index in [4.69, 9.17) is 23.7 Å². The van der Waals surface area contributed by atoms with Crippen molar-refractivity contribution in [2.75, 3.05) is 6.61 Å². The van der Waals surface area contributed by atoms with Crippen molar-refractivity contribution in [3.05, 3.63) is 82.9 Å². The fraction of sp³-hybridized carbons (Fsp3) is 0.558. The lowest BCUT2D eigenvalue weighted by molar-refractivity contribution is -0.346. The average molecular weight is 808 g/mol. The number of ether oxygens (including phenoxy) is 5. The normalized spacial score (nSPS) is 33.7. The van der Waals surface area contributed by atoms with Gasteiger partial charge in [-0.15, -0.1) is 0 Å². The van der Waals surface area contributed by atoms with Crippen LogP contribution in [0, 0.1) is 16.7 Å². The molecule has 0 radical (unpaired) electrons. The summed E-state index contributed by atoms with van der Waals surface area (Å²) in [6.07, 6.45) is -11.5. The van der Waals surface area contributed by atoms with Crippen molar-refractivity contribution < 1.29 is 68.1 Å². The predicted molar refractivity (Wildman–Crippen MR) is 204 cm³/mol. The second-order valence-electron chi connectivity index (χ2n) is 17.6. The molecule has 0 spiro atoms. The molecular weight excluding hydrogens is 754 g/mol. The molecule has 2 aromatic carbocycles. The summed E-state index contributed by atoms with van der Waals surface area (Å²) in [5.74, 6) is -5.36. The molecule has 5 N–H and O–H groups in total. The summed E-state index contributed by atoms with van der Waals surface area (Å²) >= 11 is 0. The molecule has 4 aliphatic rings. The van der Waals surface area contributed by atoms with Crippen LogP contribution in [0.1, 0.15) is 90.2 Å². The van der Waals surface area contributed by atoms with Crippen molar-refractivity contribution >= 4 is 29.8 Å². The van der Waals surface area contributed by atoms with E-state index in [2.05, 4.69) is 5.32 Å². The second-order valence-corrected chi connectivity index (χ2v) is 17.6. The molecule has 0 aromatic heterocycles. The third-order valence-electron chi connectivity index (χ3n) is 12.6. The fourth-order valence-corrected chi connectivity index (χ4v) is 9.56. The molecule has 314 valence electrons. The fourth-order valence-electron chi connectivity index (χ4n) is 9.56. The molecule has 2 aromatic rings. The van der Waals surface area contributed by atoms with Gasteiger partial charge in [0, 0.05) is 25.2 Å². The lowest BCUT2D eigenvalue weighted by atomic mass is 9.44. The number of Topliss-reactive ketones (excluding diaryl/α,β-unsaturated/α-hetero) is 1. The molecule has 2 saturated carbocycles. The Balaban J connectivity index is 1.49. The molecule has 1 aliphatic heterocycles. The summed E-state index contributed by atoms with van der Waals surface area (Å²) in [5, 5.41) is 51.6. The van der Waals surface area contributed by atoms with Crippen LogP contribution in [0.2, 0.25) is 0 Å². The van der Waals surface area contributed by atoms with Crippen molar-refractivity contribution in [1.82, 2.24) is 5.32 Å². The number of rotatable bonds is 8. The number of fused-ring (bicyclic) bond motifs is 5. The Labute approximate surface area is 336 Å². The van der Waals surface area contributed by atoms with Crippen LogP contribution in [0.3, 0.4) is 0 Å². The number of carbonyl (C=O) groups is 5. The molecule has 1 amide bonds. The number of hydrogen-bond acceptors (Lipinski definition) is 14. The highest BCUT2D eigenvalue weighted by Crippen LogP contribution is 2.64. The molecule has 1 saturated heterocycles. The first-order valence-corrected chi connectivity index (χ1v) is 19.3. The van der Waals surface area contributed by atoms with Gasteiger partial charge in [0.05, 0.1) is 35.6 Å². The van der Waals surface area contributed by atoms with Crippen LogP contribution in [0.25, 0.3) is 0 Å². The maximum absolute atomic E-state index is 14.9. The maximum atomic E-state index is 14.9. The SMILES string of the molecule is CC(=O)O[C@@]12CO[C@@H]1C[C@H](O)[C@@]1(C)C(=O)[C@@H](O)C3=C(C)[C@@H](OC(=O)[C@H](O)[C@@H](NC(=O)OC(C)(C)C)c4ccccc4)C[C@@](O)([C@@H](OC(=O)c4ccccc4)[C@H]21)C3(C)C. The van der Waals surface area contributed by atoms with Crippen LogP contribution in [-0.4, -0.2) is 110 Å². The van der Waals surface area contributed by atoms with Gasteiger partial charge in [-0.1, -0.05) is 62.4 Å². The van der Waals surface area contributed by atoms with Gasteiger partial charge < -0.3 is 49.4 Å². The summed E-state index contributed by atoms with van der Waals surface area (Å²) in [5.41, 5.74) is -8.14. The lowest BCUT2D eigenvalue weighted by Crippen LogP contribution is -2.81. The molecule has 15 heteroatoms. The highest BCUT2D eigenvalue weighted by Gasteiger charge is 2.78. The standard InChI is InChI=1S/C43H53NO14/c1-22-26(55-37(51)32(48)30(24-15-11-9-12-16-24)44-38(52)58-39(3,4)5)20-43(53)35(56-36(50)25-17-13-10-14-18-25)33-41(8,34(49)31(47)29(22)40(43,6)7)27(46)19-28-42(33,21-54-28)57-23(2)45/h9-18,26-28,30-33,35,46-48,53H,19-21H2,1-8H3,(H,44,52)/t26-,27-,28+,30-,31-,32+,33-,35-,41+,42-,43+/m0/s1. The number of alkyl carbamates (subject to hydrolysis) is 1. The molecule has 11 atom stereocenters. The molecule has 0 unspecified atom stereocenters. The van der Waals surface area contributed by atoms with Gasteiger partial charge in [0.2, 0.25) is 0 Å². The van der Waals surface area contributed by atoms with Crippen molar-refractivity contribution in [2.45, 2.75) is 128 Å². The summed E-state index contributed by atoms with van der Waals surface area (Å²) in [7, 11) is 0. The van der Waals surface area contributed by atoms with Gasteiger partial charge in [0.25, 0.3) is 0 Å². The minimum absolute atomic E-state index is 0.0637. The zero-order valence-electron chi connectivity index (χ0n) is 33.9. The zero-order valence-corrected chi connectivity index (χ0v) is 33.9. The lowest BCUT2D eigenvalue weighted by Gasteiger charge is -2.67. The Morgan fingerprint density at radius 2 is 1.55 bits per heavy atom.